The fraction of sp³-hybridized carbons (Fsp3) is 0.500. The van der Waals surface area contributed by atoms with Gasteiger partial charge in [0, 0.05) is 0 Å². The van der Waals surface area contributed by atoms with Gasteiger partial charge in [0.25, 0.3) is 0 Å². The first-order valence-corrected chi connectivity index (χ1v) is 7.35. The Bertz CT molecular complexity index is 398. The number of benzene rings is 1. The van der Waals surface area contributed by atoms with Gasteiger partial charge < -0.3 is 14.8 Å². The first-order valence-electron chi connectivity index (χ1n) is 5.74. The standard InChI is InChI=1S/C12H20NO3P/c1-4-15-17(14,16-5-2)12(13)11-8-6-7-10(3)9-11/h6-9,12H,4-5,13H2,1-3H3/t12-/m1/s1. The number of hydrogen-bond donors (Lipinski definition) is 1. The van der Waals surface area contributed by atoms with E-state index in [1.54, 1.807) is 13.8 Å². The van der Waals surface area contributed by atoms with Gasteiger partial charge in [-0.2, -0.15) is 0 Å². The molecule has 2 N–H and O–H groups in total. The fourth-order valence-corrected chi connectivity index (χ4v) is 3.24. The van der Waals surface area contributed by atoms with Crippen LogP contribution >= 0.6 is 7.60 Å². The van der Waals surface area contributed by atoms with Crippen molar-refractivity contribution in [3.8, 4) is 0 Å². The molecule has 1 rings (SSSR count). The smallest absolute Gasteiger partial charge is 0.314 e. The zero-order valence-corrected chi connectivity index (χ0v) is 11.4. The number of aryl methyl sites for hydroxylation is 1. The summed E-state index contributed by atoms with van der Waals surface area (Å²) in [6.07, 6.45) is 0. The van der Waals surface area contributed by atoms with Gasteiger partial charge in [0.15, 0.2) is 0 Å². The van der Waals surface area contributed by atoms with E-state index in [0.29, 0.717) is 13.2 Å². The van der Waals surface area contributed by atoms with Gasteiger partial charge in [-0.1, -0.05) is 29.8 Å². The van der Waals surface area contributed by atoms with E-state index in [9.17, 15) is 4.57 Å². The van der Waals surface area contributed by atoms with Crippen molar-refractivity contribution in [3.63, 3.8) is 0 Å². The molecule has 0 saturated carbocycles. The van der Waals surface area contributed by atoms with E-state index in [1.807, 2.05) is 31.2 Å². The summed E-state index contributed by atoms with van der Waals surface area (Å²) < 4.78 is 22.9. The Labute approximate surface area is 103 Å². The van der Waals surface area contributed by atoms with Crippen LogP contribution in [0.4, 0.5) is 0 Å². The summed E-state index contributed by atoms with van der Waals surface area (Å²) in [5.74, 6) is -0.734. The van der Waals surface area contributed by atoms with Crippen molar-refractivity contribution < 1.29 is 13.6 Å². The Morgan fingerprint density at radius 3 is 2.35 bits per heavy atom. The lowest BCUT2D eigenvalue weighted by atomic mass is 10.1. The highest BCUT2D eigenvalue weighted by molar-refractivity contribution is 7.54. The first kappa shape index (κ1) is 14.4. The van der Waals surface area contributed by atoms with E-state index in [4.69, 9.17) is 14.8 Å². The molecule has 0 radical (unpaired) electrons. The maximum absolute atomic E-state index is 12.5. The van der Waals surface area contributed by atoms with Gasteiger partial charge in [0.2, 0.25) is 0 Å². The van der Waals surface area contributed by atoms with Crippen LogP contribution in [0, 0.1) is 6.92 Å². The van der Waals surface area contributed by atoms with Crippen LogP contribution in [0.25, 0.3) is 0 Å². The van der Waals surface area contributed by atoms with Crippen molar-refractivity contribution in [1.29, 1.82) is 0 Å². The average Bonchev–Trinajstić information content (AvgIpc) is 2.28. The number of rotatable bonds is 6. The molecule has 1 aromatic rings. The van der Waals surface area contributed by atoms with Gasteiger partial charge in [-0.15, -0.1) is 0 Å². The van der Waals surface area contributed by atoms with E-state index >= 15 is 0 Å². The SMILES string of the molecule is CCOP(=O)(OCC)[C@@H](N)c1cccc(C)c1. The van der Waals surface area contributed by atoms with Crippen molar-refractivity contribution >= 4 is 7.60 Å². The predicted molar refractivity (Wildman–Crippen MR) is 69.0 cm³/mol. The van der Waals surface area contributed by atoms with Gasteiger partial charge in [-0.25, -0.2) is 0 Å². The van der Waals surface area contributed by atoms with E-state index in [-0.39, 0.29) is 0 Å². The minimum atomic E-state index is -3.27. The van der Waals surface area contributed by atoms with Crippen molar-refractivity contribution in [1.82, 2.24) is 0 Å². The maximum atomic E-state index is 12.5. The Hall–Kier alpha value is -0.670. The molecule has 4 nitrogen and oxygen atoms in total. The largest absolute Gasteiger partial charge is 0.351 e. The molecular weight excluding hydrogens is 237 g/mol. The number of hydrogen-bond acceptors (Lipinski definition) is 4. The van der Waals surface area contributed by atoms with Crippen LogP contribution in [0.3, 0.4) is 0 Å². The van der Waals surface area contributed by atoms with Gasteiger partial charge in [0.05, 0.1) is 13.2 Å². The lowest BCUT2D eigenvalue weighted by Gasteiger charge is -2.23. The average molecular weight is 257 g/mol. The molecular formula is C12H20NO3P. The third-order valence-electron chi connectivity index (χ3n) is 2.34. The van der Waals surface area contributed by atoms with Gasteiger partial charge in [-0.05, 0) is 26.3 Å². The molecule has 0 heterocycles. The predicted octanol–water partition coefficient (Wildman–Crippen LogP) is 3.22. The van der Waals surface area contributed by atoms with Crippen molar-refractivity contribution in [3.05, 3.63) is 35.4 Å². The van der Waals surface area contributed by atoms with Gasteiger partial charge in [0.1, 0.15) is 5.78 Å². The molecule has 1 aromatic carbocycles. The number of nitrogens with two attached hydrogens (primary N) is 1. The molecule has 96 valence electrons. The second-order valence-corrected chi connectivity index (χ2v) is 5.89. The lowest BCUT2D eigenvalue weighted by Crippen LogP contribution is -2.15. The Kier molecular flexibility index (Phi) is 5.34. The van der Waals surface area contributed by atoms with E-state index in [1.165, 1.54) is 0 Å². The molecule has 0 bridgehead atoms. The van der Waals surface area contributed by atoms with Crippen LogP contribution in [0.5, 0.6) is 0 Å². The molecule has 0 amide bonds. The zero-order valence-electron chi connectivity index (χ0n) is 10.6. The van der Waals surface area contributed by atoms with Crippen molar-refractivity contribution in [2.45, 2.75) is 26.6 Å². The first-order chi connectivity index (χ1) is 8.03. The van der Waals surface area contributed by atoms with Gasteiger partial charge in [-0.3, -0.25) is 4.57 Å². The second-order valence-electron chi connectivity index (χ2n) is 3.73. The van der Waals surface area contributed by atoms with Crippen LogP contribution in [0.2, 0.25) is 0 Å². The van der Waals surface area contributed by atoms with Crippen LogP contribution in [-0.4, -0.2) is 13.2 Å². The van der Waals surface area contributed by atoms with Crippen LogP contribution in [0.1, 0.15) is 30.8 Å². The molecule has 0 saturated heterocycles. The molecule has 0 aromatic heterocycles. The molecule has 17 heavy (non-hydrogen) atoms. The molecule has 0 aliphatic carbocycles. The van der Waals surface area contributed by atoms with Crippen molar-refractivity contribution in [2.75, 3.05) is 13.2 Å². The fourth-order valence-electron chi connectivity index (χ4n) is 1.59. The minimum Gasteiger partial charge on any atom is -0.314 e. The highest BCUT2D eigenvalue weighted by Crippen LogP contribution is 2.58. The summed E-state index contributed by atoms with van der Waals surface area (Å²) in [6.45, 7) is 6.14. The zero-order chi connectivity index (χ0) is 12.9. The molecule has 1 atom stereocenters. The minimum absolute atomic E-state index is 0.316. The van der Waals surface area contributed by atoms with Crippen LogP contribution in [0.15, 0.2) is 24.3 Å². The molecule has 0 fully saturated rings. The summed E-state index contributed by atoms with van der Waals surface area (Å²) in [7, 11) is -3.27. The van der Waals surface area contributed by atoms with Crippen LogP contribution in [-0.2, 0) is 13.6 Å². The third kappa shape index (κ3) is 3.65. The monoisotopic (exact) mass is 257 g/mol. The van der Waals surface area contributed by atoms with E-state index in [2.05, 4.69) is 0 Å². The van der Waals surface area contributed by atoms with Crippen LogP contribution < -0.4 is 5.73 Å². The summed E-state index contributed by atoms with van der Waals surface area (Å²) in [5, 5.41) is 0. The molecule has 0 aliphatic heterocycles. The normalized spacial score (nSPS) is 13.6. The highest BCUT2D eigenvalue weighted by atomic mass is 31.2. The van der Waals surface area contributed by atoms with Gasteiger partial charge >= 0.3 is 7.60 Å². The summed E-state index contributed by atoms with van der Waals surface area (Å²) in [6, 6.07) is 7.58. The maximum Gasteiger partial charge on any atom is 0.351 e. The topological polar surface area (TPSA) is 61.5 Å². The summed E-state index contributed by atoms with van der Waals surface area (Å²) in [4.78, 5) is 0. The quantitative estimate of drug-likeness (QED) is 0.795. The van der Waals surface area contributed by atoms with E-state index < -0.39 is 13.4 Å². The summed E-state index contributed by atoms with van der Waals surface area (Å²) >= 11 is 0. The summed E-state index contributed by atoms with van der Waals surface area (Å²) in [5.41, 5.74) is 7.84. The highest BCUT2D eigenvalue weighted by Gasteiger charge is 2.33. The van der Waals surface area contributed by atoms with Crippen molar-refractivity contribution in [2.24, 2.45) is 5.73 Å². The Morgan fingerprint density at radius 2 is 1.88 bits per heavy atom. The Morgan fingerprint density at radius 1 is 1.29 bits per heavy atom. The molecule has 0 aliphatic rings. The molecule has 0 unspecified atom stereocenters. The Balaban J connectivity index is 2.99. The molecule has 0 spiro atoms. The van der Waals surface area contributed by atoms with E-state index in [0.717, 1.165) is 11.1 Å². The second kappa shape index (κ2) is 6.31. The lowest BCUT2D eigenvalue weighted by molar-refractivity contribution is 0.212. The third-order valence-corrected chi connectivity index (χ3v) is 4.56. The molecule has 5 heteroatoms.